The second kappa shape index (κ2) is 6.21. The SMILES string of the molecule is CO/C(=N\Nc1cccc(Br)c1)c1ccccc1. The summed E-state index contributed by atoms with van der Waals surface area (Å²) in [5, 5.41) is 4.25. The zero-order valence-corrected chi connectivity index (χ0v) is 11.5. The summed E-state index contributed by atoms with van der Waals surface area (Å²) in [7, 11) is 1.61. The Morgan fingerprint density at radius 1 is 1.11 bits per heavy atom. The van der Waals surface area contributed by atoms with Crippen LogP contribution >= 0.6 is 15.9 Å². The number of rotatable bonds is 3. The van der Waals surface area contributed by atoms with E-state index in [1.54, 1.807) is 7.11 Å². The van der Waals surface area contributed by atoms with E-state index in [1.165, 1.54) is 0 Å². The van der Waals surface area contributed by atoms with E-state index in [0.29, 0.717) is 5.90 Å². The van der Waals surface area contributed by atoms with Crippen molar-refractivity contribution >= 4 is 27.5 Å². The number of nitrogens with one attached hydrogen (secondary N) is 1. The lowest BCUT2D eigenvalue weighted by Crippen LogP contribution is -2.06. The first-order valence-corrected chi connectivity index (χ1v) is 6.27. The molecule has 0 saturated heterocycles. The highest BCUT2D eigenvalue weighted by Crippen LogP contribution is 2.15. The Bertz CT molecular complexity index is 541. The van der Waals surface area contributed by atoms with Crippen LogP contribution in [0.1, 0.15) is 5.56 Å². The number of methoxy groups -OCH3 is 1. The van der Waals surface area contributed by atoms with Crippen LogP contribution in [0.2, 0.25) is 0 Å². The van der Waals surface area contributed by atoms with Crippen molar-refractivity contribution in [2.45, 2.75) is 0 Å². The molecule has 0 aliphatic heterocycles. The van der Waals surface area contributed by atoms with Crippen molar-refractivity contribution in [3.05, 3.63) is 64.6 Å². The maximum absolute atomic E-state index is 5.26. The van der Waals surface area contributed by atoms with E-state index < -0.39 is 0 Å². The van der Waals surface area contributed by atoms with E-state index in [-0.39, 0.29) is 0 Å². The molecule has 4 heteroatoms. The van der Waals surface area contributed by atoms with Gasteiger partial charge >= 0.3 is 0 Å². The van der Waals surface area contributed by atoms with E-state index in [2.05, 4.69) is 26.5 Å². The van der Waals surface area contributed by atoms with Crippen molar-refractivity contribution in [1.82, 2.24) is 0 Å². The van der Waals surface area contributed by atoms with Crippen molar-refractivity contribution in [2.75, 3.05) is 12.5 Å². The zero-order chi connectivity index (χ0) is 12.8. The highest BCUT2D eigenvalue weighted by Gasteiger charge is 2.01. The van der Waals surface area contributed by atoms with Crippen LogP contribution in [0, 0.1) is 0 Å². The molecule has 92 valence electrons. The molecule has 2 aromatic carbocycles. The summed E-state index contributed by atoms with van der Waals surface area (Å²) in [6.07, 6.45) is 0. The van der Waals surface area contributed by atoms with Crippen LogP contribution in [-0.4, -0.2) is 13.0 Å². The Labute approximate surface area is 115 Å². The van der Waals surface area contributed by atoms with Crippen molar-refractivity contribution < 1.29 is 4.74 Å². The monoisotopic (exact) mass is 304 g/mol. The van der Waals surface area contributed by atoms with Crippen molar-refractivity contribution in [3.8, 4) is 0 Å². The van der Waals surface area contributed by atoms with Gasteiger partial charge in [0.15, 0.2) is 0 Å². The molecule has 0 aliphatic rings. The van der Waals surface area contributed by atoms with E-state index in [9.17, 15) is 0 Å². The second-order valence-corrected chi connectivity index (χ2v) is 4.52. The van der Waals surface area contributed by atoms with Gasteiger partial charge in [-0.05, 0) is 30.3 Å². The van der Waals surface area contributed by atoms with Crippen molar-refractivity contribution in [3.63, 3.8) is 0 Å². The molecule has 0 fully saturated rings. The fraction of sp³-hybridized carbons (Fsp3) is 0.0714. The zero-order valence-electron chi connectivity index (χ0n) is 9.93. The predicted molar refractivity (Wildman–Crippen MR) is 77.8 cm³/mol. The molecule has 0 spiro atoms. The minimum absolute atomic E-state index is 0.551. The molecule has 3 nitrogen and oxygen atoms in total. The summed E-state index contributed by atoms with van der Waals surface area (Å²) in [5.74, 6) is 0.551. The average molecular weight is 305 g/mol. The summed E-state index contributed by atoms with van der Waals surface area (Å²) in [5.41, 5.74) is 4.80. The third-order valence-electron chi connectivity index (χ3n) is 2.33. The summed E-state index contributed by atoms with van der Waals surface area (Å²) >= 11 is 3.41. The summed E-state index contributed by atoms with van der Waals surface area (Å²) in [6, 6.07) is 17.5. The lowest BCUT2D eigenvalue weighted by molar-refractivity contribution is 0.404. The summed E-state index contributed by atoms with van der Waals surface area (Å²) in [4.78, 5) is 0. The fourth-order valence-electron chi connectivity index (χ4n) is 1.48. The minimum atomic E-state index is 0.551. The molecule has 0 heterocycles. The van der Waals surface area contributed by atoms with Crippen LogP contribution < -0.4 is 5.43 Å². The largest absolute Gasteiger partial charge is 0.480 e. The van der Waals surface area contributed by atoms with Crippen LogP contribution in [0.5, 0.6) is 0 Å². The third-order valence-corrected chi connectivity index (χ3v) is 2.82. The van der Waals surface area contributed by atoms with Gasteiger partial charge in [-0.1, -0.05) is 40.2 Å². The predicted octanol–water partition coefficient (Wildman–Crippen LogP) is 3.87. The van der Waals surface area contributed by atoms with Gasteiger partial charge in [0.05, 0.1) is 12.8 Å². The maximum Gasteiger partial charge on any atom is 0.238 e. The molecular weight excluding hydrogens is 292 g/mol. The van der Waals surface area contributed by atoms with E-state index in [0.717, 1.165) is 15.7 Å². The van der Waals surface area contributed by atoms with Crippen LogP contribution in [-0.2, 0) is 4.74 Å². The molecule has 0 aliphatic carbocycles. The van der Waals surface area contributed by atoms with Gasteiger partial charge in [0.1, 0.15) is 0 Å². The number of halogens is 1. The average Bonchev–Trinajstić information content (AvgIpc) is 2.41. The third kappa shape index (κ3) is 3.34. The number of hydrazone groups is 1. The molecule has 1 N–H and O–H groups in total. The maximum atomic E-state index is 5.26. The smallest absolute Gasteiger partial charge is 0.238 e. The highest BCUT2D eigenvalue weighted by molar-refractivity contribution is 9.10. The molecule has 0 bridgehead atoms. The molecule has 0 amide bonds. The van der Waals surface area contributed by atoms with Gasteiger partial charge in [-0.2, -0.15) is 0 Å². The number of benzene rings is 2. The minimum Gasteiger partial charge on any atom is -0.480 e. The van der Waals surface area contributed by atoms with Crippen molar-refractivity contribution in [2.24, 2.45) is 5.10 Å². The molecule has 0 saturated carbocycles. The number of hydrogen-bond acceptors (Lipinski definition) is 3. The molecule has 0 radical (unpaired) electrons. The number of hydrogen-bond donors (Lipinski definition) is 1. The Morgan fingerprint density at radius 3 is 2.56 bits per heavy atom. The van der Waals surface area contributed by atoms with Gasteiger partial charge in [-0.25, -0.2) is 0 Å². The van der Waals surface area contributed by atoms with Crippen LogP contribution in [0.4, 0.5) is 5.69 Å². The molecule has 2 rings (SSSR count). The first-order chi connectivity index (χ1) is 8.79. The van der Waals surface area contributed by atoms with Crippen LogP contribution in [0.25, 0.3) is 0 Å². The lowest BCUT2D eigenvalue weighted by Gasteiger charge is -2.06. The Balaban J connectivity index is 2.16. The normalized spacial score (nSPS) is 11.1. The molecule has 0 atom stereocenters. The van der Waals surface area contributed by atoms with Gasteiger partial charge in [0, 0.05) is 10.0 Å². The standard InChI is InChI=1S/C14H13BrN2O/c1-18-14(11-6-3-2-4-7-11)17-16-13-9-5-8-12(15)10-13/h2-10,16H,1H3/b17-14-. The second-order valence-electron chi connectivity index (χ2n) is 3.61. The number of anilines is 1. The number of ether oxygens (including phenoxy) is 1. The molecule has 0 unspecified atom stereocenters. The van der Waals surface area contributed by atoms with E-state index in [1.807, 2.05) is 54.6 Å². The molecule has 18 heavy (non-hydrogen) atoms. The van der Waals surface area contributed by atoms with Gasteiger partial charge in [0.25, 0.3) is 0 Å². The molecule has 2 aromatic rings. The lowest BCUT2D eigenvalue weighted by atomic mass is 10.2. The van der Waals surface area contributed by atoms with Crippen LogP contribution in [0.3, 0.4) is 0 Å². The van der Waals surface area contributed by atoms with Gasteiger partial charge in [0.2, 0.25) is 5.90 Å². The van der Waals surface area contributed by atoms with Gasteiger partial charge in [-0.3, -0.25) is 5.43 Å². The topological polar surface area (TPSA) is 33.6 Å². The first kappa shape index (κ1) is 12.6. The molecule has 0 aromatic heterocycles. The summed E-state index contributed by atoms with van der Waals surface area (Å²) < 4.78 is 6.27. The number of nitrogens with zero attached hydrogens (tertiary/aromatic N) is 1. The van der Waals surface area contributed by atoms with Gasteiger partial charge < -0.3 is 4.74 Å². The molecular formula is C14H13BrN2O. The van der Waals surface area contributed by atoms with Crippen LogP contribution in [0.15, 0.2) is 64.2 Å². The summed E-state index contributed by atoms with van der Waals surface area (Å²) in [6.45, 7) is 0. The van der Waals surface area contributed by atoms with Gasteiger partial charge in [-0.15, -0.1) is 5.10 Å². The first-order valence-electron chi connectivity index (χ1n) is 5.48. The van der Waals surface area contributed by atoms with E-state index in [4.69, 9.17) is 4.74 Å². The van der Waals surface area contributed by atoms with Crippen molar-refractivity contribution in [1.29, 1.82) is 0 Å². The Hall–Kier alpha value is -1.81. The fourth-order valence-corrected chi connectivity index (χ4v) is 1.88. The Kier molecular flexibility index (Phi) is 4.36. The Morgan fingerprint density at radius 2 is 1.89 bits per heavy atom. The van der Waals surface area contributed by atoms with E-state index >= 15 is 0 Å². The quantitative estimate of drug-likeness (QED) is 0.530. The highest BCUT2D eigenvalue weighted by atomic mass is 79.9.